The van der Waals surface area contributed by atoms with Gasteiger partial charge in [0.25, 0.3) is 5.91 Å². The molecule has 0 saturated carbocycles. The van der Waals surface area contributed by atoms with Crippen LogP contribution in [-0.4, -0.2) is 22.8 Å². The minimum Gasteiger partial charge on any atom is -0.355 e. The first kappa shape index (κ1) is 17.5. The molecule has 0 fully saturated rings. The minimum atomic E-state index is -0.186. The lowest BCUT2D eigenvalue weighted by Crippen LogP contribution is -2.32. The SMILES string of the molecule is CCC(C)NC(=O)c1cc(Nc2ccc(NC(C)=O)cc2)ccn1. The second-order valence-corrected chi connectivity index (χ2v) is 5.60. The average Bonchev–Trinajstić information content (AvgIpc) is 2.56. The van der Waals surface area contributed by atoms with Gasteiger partial charge in [-0.1, -0.05) is 6.92 Å². The van der Waals surface area contributed by atoms with E-state index in [2.05, 4.69) is 20.9 Å². The molecule has 6 nitrogen and oxygen atoms in total. The predicted octanol–water partition coefficient (Wildman–Crippen LogP) is 3.31. The van der Waals surface area contributed by atoms with Gasteiger partial charge in [0.1, 0.15) is 5.69 Å². The molecule has 3 N–H and O–H groups in total. The van der Waals surface area contributed by atoms with Crippen molar-refractivity contribution in [3.8, 4) is 0 Å². The summed E-state index contributed by atoms with van der Waals surface area (Å²) >= 11 is 0. The summed E-state index contributed by atoms with van der Waals surface area (Å²) in [6.07, 6.45) is 2.46. The molecule has 0 aliphatic heterocycles. The van der Waals surface area contributed by atoms with Crippen LogP contribution in [0.4, 0.5) is 17.1 Å². The van der Waals surface area contributed by atoms with Gasteiger partial charge >= 0.3 is 0 Å². The standard InChI is InChI=1S/C18H22N4O2/c1-4-12(2)20-18(24)17-11-16(9-10-19-17)22-15-7-5-14(6-8-15)21-13(3)23/h5-12H,4H2,1-3H3,(H,19,22)(H,20,24)(H,21,23). The summed E-state index contributed by atoms with van der Waals surface area (Å²) in [6, 6.07) is 10.9. The second-order valence-electron chi connectivity index (χ2n) is 5.60. The molecule has 0 aliphatic carbocycles. The fraction of sp³-hybridized carbons (Fsp3) is 0.278. The van der Waals surface area contributed by atoms with Crippen molar-refractivity contribution in [1.29, 1.82) is 0 Å². The quantitative estimate of drug-likeness (QED) is 0.760. The molecule has 1 aromatic heterocycles. The van der Waals surface area contributed by atoms with Crippen LogP contribution in [0.5, 0.6) is 0 Å². The van der Waals surface area contributed by atoms with Crippen LogP contribution >= 0.6 is 0 Å². The van der Waals surface area contributed by atoms with Gasteiger partial charge in [0, 0.05) is 36.2 Å². The van der Waals surface area contributed by atoms with Crippen LogP contribution in [0.25, 0.3) is 0 Å². The van der Waals surface area contributed by atoms with Gasteiger partial charge in [0.2, 0.25) is 5.91 Å². The highest BCUT2D eigenvalue weighted by Crippen LogP contribution is 2.19. The second kappa shape index (κ2) is 8.10. The molecule has 0 radical (unpaired) electrons. The van der Waals surface area contributed by atoms with Crippen molar-refractivity contribution in [3.63, 3.8) is 0 Å². The van der Waals surface area contributed by atoms with E-state index >= 15 is 0 Å². The number of rotatable bonds is 6. The van der Waals surface area contributed by atoms with Crippen molar-refractivity contribution in [3.05, 3.63) is 48.3 Å². The molecule has 1 aromatic carbocycles. The van der Waals surface area contributed by atoms with E-state index in [1.54, 1.807) is 18.3 Å². The normalized spacial score (nSPS) is 11.5. The fourth-order valence-corrected chi connectivity index (χ4v) is 2.04. The zero-order valence-corrected chi connectivity index (χ0v) is 14.1. The van der Waals surface area contributed by atoms with Crippen LogP contribution in [-0.2, 0) is 4.79 Å². The van der Waals surface area contributed by atoms with Crippen molar-refractivity contribution >= 4 is 28.9 Å². The number of nitrogens with zero attached hydrogens (tertiary/aromatic N) is 1. The van der Waals surface area contributed by atoms with Crippen molar-refractivity contribution in [2.24, 2.45) is 0 Å². The molecule has 126 valence electrons. The number of nitrogens with one attached hydrogen (secondary N) is 3. The number of benzene rings is 1. The van der Waals surface area contributed by atoms with Gasteiger partial charge in [0.05, 0.1) is 0 Å². The van der Waals surface area contributed by atoms with Crippen LogP contribution in [0.2, 0.25) is 0 Å². The largest absolute Gasteiger partial charge is 0.355 e. The van der Waals surface area contributed by atoms with Crippen LogP contribution < -0.4 is 16.0 Å². The Labute approximate surface area is 141 Å². The Morgan fingerprint density at radius 3 is 2.38 bits per heavy atom. The van der Waals surface area contributed by atoms with Crippen molar-refractivity contribution < 1.29 is 9.59 Å². The summed E-state index contributed by atoms with van der Waals surface area (Å²) in [5, 5.41) is 8.82. The molecule has 0 bridgehead atoms. The topological polar surface area (TPSA) is 83.1 Å². The Hall–Kier alpha value is -2.89. The van der Waals surface area contributed by atoms with Gasteiger partial charge in [0.15, 0.2) is 0 Å². The van der Waals surface area contributed by atoms with E-state index in [1.807, 2.05) is 38.1 Å². The molecule has 2 amide bonds. The molecule has 1 heterocycles. The Balaban J connectivity index is 2.06. The molecule has 6 heteroatoms. The van der Waals surface area contributed by atoms with Crippen LogP contribution in [0.1, 0.15) is 37.7 Å². The zero-order chi connectivity index (χ0) is 17.5. The summed E-state index contributed by atoms with van der Waals surface area (Å²) in [5.74, 6) is -0.296. The van der Waals surface area contributed by atoms with E-state index < -0.39 is 0 Å². The summed E-state index contributed by atoms with van der Waals surface area (Å²) in [6.45, 7) is 5.44. The maximum absolute atomic E-state index is 12.1. The van der Waals surface area contributed by atoms with Gasteiger partial charge < -0.3 is 16.0 Å². The third kappa shape index (κ3) is 5.08. The molecule has 0 spiro atoms. The number of pyridine rings is 1. The van der Waals surface area contributed by atoms with Gasteiger partial charge in [-0.3, -0.25) is 14.6 Å². The first-order valence-corrected chi connectivity index (χ1v) is 7.89. The monoisotopic (exact) mass is 326 g/mol. The highest BCUT2D eigenvalue weighted by atomic mass is 16.2. The Bertz CT molecular complexity index is 713. The predicted molar refractivity (Wildman–Crippen MR) is 95.5 cm³/mol. The van der Waals surface area contributed by atoms with Crippen molar-refractivity contribution in [2.75, 3.05) is 10.6 Å². The van der Waals surface area contributed by atoms with E-state index in [9.17, 15) is 9.59 Å². The van der Waals surface area contributed by atoms with Gasteiger partial charge in [-0.25, -0.2) is 0 Å². The highest BCUT2D eigenvalue weighted by Gasteiger charge is 2.10. The summed E-state index contributed by atoms with van der Waals surface area (Å²) in [4.78, 5) is 27.3. The van der Waals surface area contributed by atoms with Crippen LogP contribution in [0.15, 0.2) is 42.6 Å². The molecule has 1 atom stereocenters. The van der Waals surface area contributed by atoms with Gasteiger partial charge in [-0.2, -0.15) is 0 Å². The van der Waals surface area contributed by atoms with E-state index in [0.29, 0.717) is 5.69 Å². The number of carbonyl (C=O) groups is 2. The third-order valence-electron chi connectivity index (χ3n) is 3.48. The van der Waals surface area contributed by atoms with Crippen molar-refractivity contribution in [1.82, 2.24) is 10.3 Å². The number of hydrogen-bond acceptors (Lipinski definition) is 4. The van der Waals surface area contributed by atoms with E-state index in [4.69, 9.17) is 0 Å². The molecule has 2 rings (SSSR count). The number of hydrogen-bond donors (Lipinski definition) is 3. The maximum Gasteiger partial charge on any atom is 0.270 e. The number of aromatic nitrogens is 1. The molecule has 2 aromatic rings. The number of amides is 2. The van der Waals surface area contributed by atoms with Crippen molar-refractivity contribution in [2.45, 2.75) is 33.2 Å². The third-order valence-corrected chi connectivity index (χ3v) is 3.48. The lowest BCUT2D eigenvalue weighted by atomic mass is 10.2. The molecule has 1 unspecified atom stereocenters. The van der Waals surface area contributed by atoms with Gasteiger partial charge in [-0.15, -0.1) is 0 Å². The van der Waals surface area contributed by atoms with E-state index in [-0.39, 0.29) is 17.9 Å². The van der Waals surface area contributed by atoms with E-state index in [1.165, 1.54) is 6.92 Å². The Morgan fingerprint density at radius 2 is 1.75 bits per heavy atom. The fourth-order valence-electron chi connectivity index (χ4n) is 2.04. The molecular weight excluding hydrogens is 304 g/mol. The molecule has 24 heavy (non-hydrogen) atoms. The summed E-state index contributed by atoms with van der Waals surface area (Å²) < 4.78 is 0. The molecule has 0 saturated heterocycles. The summed E-state index contributed by atoms with van der Waals surface area (Å²) in [5.41, 5.74) is 2.72. The molecular formula is C18H22N4O2. The summed E-state index contributed by atoms with van der Waals surface area (Å²) in [7, 11) is 0. The lowest BCUT2D eigenvalue weighted by molar-refractivity contribution is -0.114. The highest BCUT2D eigenvalue weighted by molar-refractivity contribution is 5.93. The zero-order valence-electron chi connectivity index (χ0n) is 14.1. The van der Waals surface area contributed by atoms with Crippen LogP contribution in [0.3, 0.4) is 0 Å². The average molecular weight is 326 g/mol. The first-order valence-electron chi connectivity index (χ1n) is 7.89. The van der Waals surface area contributed by atoms with Gasteiger partial charge in [-0.05, 0) is 49.7 Å². The Morgan fingerprint density at radius 1 is 1.08 bits per heavy atom. The number of anilines is 3. The van der Waals surface area contributed by atoms with Crippen LogP contribution in [0, 0.1) is 0 Å². The smallest absolute Gasteiger partial charge is 0.270 e. The first-order chi connectivity index (χ1) is 11.5. The molecule has 0 aliphatic rings. The lowest BCUT2D eigenvalue weighted by Gasteiger charge is -2.12. The Kier molecular flexibility index (Phi) is 5.89. The maximum atomic E-state index is 12.1. The number of carbonyl (C=O) groups excluding carboxylic acids is 2. The minimum absolute atomic E-state index is 0.109. The van der Waals surface area contributed by atoms with E-state index in [0.717, 1.165) is 23.5 Å².